The van der Waals surface area contributed by atoms with Gasteiger partial charge in [0.05, 0.1) is 11.0 Å². The fraction of sp³-hybridized carbons (Fsp3) is 1.00. The van der Waals surface area contributed by atoms with Crippen molar-refractivity contribution in [1.82, 2.24) is 5.32 Å². The van der Waals surface area contributed by atoms with Gasteiger partial charge in [-0.05, 0) is 51.4 Å². The molecule has 0 aromatic carbocycles. The van der Waals surface area contributed by atoms with Gasteiger partial charge in [-0.3, -0.25) is 0 Å². The van der Waals surface area contributed by atoms with Crippen LogP contribution in [-0.2, 0) is 9.84 Å². The lowest BCUT2D eigenvalue weighted by molar-refractivity contribution is 0.238. The van der Waals surface area contributed by atoms with Crippen LogP contribution in [0.25, 0.3) is 0 Å². The number of rotatable bonds is 9. The zero-order valence-electron chi connectivity index (χ0n) is 12.3. The Morgan fingerprint density at radius 2 is 1.78 bits per heavy atom. The Kier molecular flexibility index (Phi) is 5.66. The lowest BCUT2D eigenvalue weighted by Crippen LogP contribution is -2.36. The summed E-state index contributed by atoms with van der Waals surface area (Å²) in [6, 6.07) is 0.698. The normalized spacial score (nSPS) is 17.4. The monoisotopic (exact) mass is 275 g/mol. The summed E-state index contributed by atoms with van der Waals surface area (Å²) >= 11 is 0. The highest BCUT2D eigenvalue weighted by Crippen LogP contribution is 2.32. The lowest BCUT2D eigenvalue weighted by Gasteiger charge is -2.32. The van der Waals surface area contributed by atoms with Gasteiger partial charge in [-0.2, -0.15) is 0 Å². The molecule has 0 heterocycles. The van der Waals surface area contributed by atoms with Gasteiger partial charge in [-0.1, -0.05) is 13.8 Å². The summed E-state index contributed by atoms with van der Waals surface area (Å²) < 4.78 is 23.9. The summed E-state index contributed by atoms with van der Waals surface area (Å²) in [5.74, 6) is 0.332. The third-order valence-electron chi connectivity index (χ3n) is 4.48. The third kappa shape index (κ3) is 4.54. The van der Waals surface area contributed by atoms with Gasteiger partial charge < -0.3 is 5.32 Å². The summed E-state index contributed by atoms with van der Waals surface area (Å²) in [7, 11) is -2.90. The van der Waals surface area contributed by atoms with Crippen LogP contribution in [0.1, 0.15) is 59.8 Å². The van der Waals surface area contributed by atoms with E-state index in [1.165, 1.54) is 12.8 Å². The van der Waals surface area contributed by atoms with Gasteiger partial charge in [0.2, 0.25) is 0 Å². The zero-order valence-corrected chi connectivity index (χ0v) is 13.1. The maximum atomic E-state index is 11.9. The van der Waals surface area contributed by atoms with E-state index in [1.54, 1.807) is 13.8 Å². The van der Waals surface area contributed by atoms with Gasteiger partial charge in [0, 0.05) is 12.6 Å². The number of hydrogen-bond donors (Lipinski definition) is 1. The second-order valence-electron chi connectivity index (χ2n) is 6.03. The summed E-state index contributed by atoms with van der Waals surface area (Å²) in [5, 5.41) is 3.32. The Balaban J connectivity index is 2.54. The molecule has 0 aromatic rings. The molecule has 0 saturated heterocycles. The van der Waals surface area contributed by atoms with Gasteiger partial charge in [0.1, 0.15) is 0 Å². The molecule has 1 N–H and O–H groups in total. The Hall–Kier alpha value is -0.0900. The molecule has 18 heavy (non-hydrogen) atoms. The molecule has 0 atom stereocenters. The van der Waals surface area contributed by atoms with E-state index in [2.05, 4.69) is 19.2 Å². The fourth-order valence-corrected chi connectivity index (χ4v) is 3.37. The predicted molar refractivity (Wildman–Crippen MR) is 77.6 cm³/mol. The highest BCUT2D eigenvalue weighted by molar-refractivity contribution is 7.91. The Labute approximate surface area is 113 Å². The molecular weight excluding hydrogens is 246 g/mol. The van der Waals surface area contributed by atoms with Crippen molar-refractivity contribution in [3.63, 3.8) is 0 Å². The zero-order chi connectivity index (χ0) is 13.8. The molecule has 0 aliphatic heterocycles. The molecule has 1 aliphatic carbocycles. The lowest BCUT2D eigenvalue weighted by atomic mass is 9.79. The minimum atomic E-state index is -2.90. The van der Waals surface area contributed by atoms with Crippen LogP contribution in [0.5, 0.6) is 0 Å². The summed E-state index contributed by atoms with van der Waals surface area (Å²) in [4.78, 5) is 0. The highest BCUT2D eigenvalue weighted by Gasteiger charge is 2.31. The molecule has 0 radical (unpaired) electrons. The van der Waals surface area contributed by atoms with Crippen molar-refractivity contribution < 1.29 is 8.42 Å². The number of nitrogens with one attached hydrogen (secondary N) is 1. The van der Waals surface area contributed by atoms with Crippen molar-refractivity contribution >= 4 is 9.84 Å². The molecule has 1 rings (SSSR count). The molecule has 0 spiro atoms. The number of hydrogen-bond acceptors (Lipinski definition) is 3. The van der Waals surface area contributed by atoms with Gasteiger partial charge in [0.15, 0.2) is 9.84 Å². The first-order valence-corrected chi connectivity index (χ1v) is 9.01. The van der Waals surface area contributed by atoms with E-state index in [0.29, 0.717) is 11.8 Å². The fourth-order valence-electron chi connectivity index (χ4n) is 2.18. The molecular formula is C14H29NO2S. The summed E-state index contributed by atoms with van der Waals surface area (Å²) in [6.45, 7) is 8.88. The van der Waals surface area contributed by atoms with Gasteiger partial charge in [0.25, 0.3) is 0 Å². The van der Waals surface area contributed by atoms with E-state index in [4.69, 9.17) is 0 Å². The van der Waals surface area contributed by atoms with E-state index in [9.17, 15) is 8.42 Å². The maximum Gasteiger partial charge on any atom is 0.152 e. The summed E-state index contributed by atoms with van der Waals surface area (Å²) in [5.41, 5.74) is 0.157. The van der Waals surface area contributed by atoms with Crippen LogP contribution in [-0.4, -0.2) is 32.0 Å². The van der Waals surface area contributed by atoms with E-state index in [-0.39, 0.29) is 10.7 Å². The second kappa shape index (κ2) is 6.38. The molecule has 1 saturated carbocycles. The van der Waals surface area contributed by atoms with Crippen LogP contribution < -0.4 is 5.32 Å². The molecule has 1 fully saturated rings. The van der Waals surface area contributed by atoms with E-state index in [1.807, 2.05) is 0 Å². The highest BCUT2D eigenvalue weighted by atomic mass is 32.2. The SMILES string of the molecule is CCC(CC)(CCS(=O)(=O)C(C)C)CNC1CC1. The first-order chi connectivity index (χ1) is 8.35. The molecule has 4 heteroatoms. The Bertz CT molecular complexity index is 341. The molecule has 0 bridgehead atoms. The van der Waals surface area contributed by atoms with Crippen molar-refractivity contribution in [2.45, 2.75) is 71.1 Å². The van der Waals surface area contributed by atoms with Crippen molar-refractivity contribution in [3.05, 3.63) is 0 Å². The van der Waals surface area contributed by atoms with Crippen LogP contribution in [0.3, 0.4) is 0 Å². The number of sulfone groups is 1. The van der Waals surface area contributed by atoms with Crippen LogP contribution in [0.15, 0.2) is 0 Å². The molecule has 0 aromatic heterocycles. The molecule has 1 aliphatic rings. The average molecular weight is 275 g/mol. The minimum absolute atomic E-state index is 0.157. The minimum Gasteiger partial charge on any atom is -0.313 e. The molecule has 3 nitrogen and oxygen atoms in total. The van der Waals surface area contributed by atoms with Crippen molar-refractivity contribution in [2.75, 3.05) is 12.3 Å². The Morgan fingerprint density at radius 1 is 1.22 bits per heavy atom. The predicted octanol–water partition coefficient (Wildman–Crippen LogP) is 2.76. The molecule has 0 amide bonds. The van der Waals surface area contributed by atoms with Crippen LogP contribution >= 0.6 is 0 Å². The van der Waals surface area contributed by atoms with E-state index < -0.39 is 9.84 Å². The van der Waals surface area contributed by atoms with Gasteiger partial charge in [-0.25, -0.2) is 8.42 Å². The first kappa shape index (κ1) is 16.0. The van der Waals surface area contributed by atoms with E-state index in [0.717, 1.165) is 25.8 Å². The third-order valence-corrected chi connectivity index (χ3v) is 6.69. The van der Waals surface area contributed by atoms with Crippen LogP contribution in [0.2, 0.25) is 0 Å². The van der Waals surface area contributed by atoms with Crippen molar-refractivity contribution in [3.8, 4) is 0 Å². The Morgan fingerprint density at radius 3 is 2.17 bits per heavy atom. The van der Waals surface area contributed by atoms with Crippen molar-refractivity contribution in [2.24, 2.45) is 5.41 Å². The van der Waals surface area contributed by atoms with Crippen LogP contribution in [0.4, 0.5) is 0 Å². The van der Waals surface area contributed by atoms with Gasteiger partial charge >= 0.3 is 0 Å². The smallest absolute Gasteiger partial charge is 0.152 e. The molecule has 0 unspecified atom stereocenters. The maximum absolute atomic E-state index is 11.9. The second-order valence-corrected chi connectivity index (χ2v) is 8.70. The van der Waals surface area contributed by atoms with Crippen LogP contribution in [0, 0.1) is 5.41 Å². The topological polar surface area (TPSA) is 46.2 Å². The van der Waals surface area contributed by atoms with Gasteiger partial charge in [-0.15, -0.1) is 0 Å². The first-order valence-electron chi connectivity index (χ1n) is 7.30. The molecule has 108 valence electrons. The van der Waals surface area contributed by atoms with E-state index >= 15 is 0 Å². The quantitative estimate of drug-likeness (QED) is 0.704. The standard InChI is InChI=1S/C14H29NO2S/c1-5-14(6-2,11-15-13-7-8-13)9-10-18(16,17)12(3)4/h12-13,15H,5-11H2,1-4H3. The van der Waals surface area contributed by atoms with Crippen molar-refractivity contribution in [1.29, 1.82) is 0 Å². The average Bonchev–Trinajstić information content (AvgIpc) is 3.14. The summed E-state index contributed by atoms with van der Waals surface area (Å²) in [6.07, 6.45) is 5.47. The largest absolute Gasteiger partial charge is 0.313 e.